The minimum absolute atomic E-state index is 0.0000773. The van der Waals surface area contributed by atoms with Gasteiger partial charge in [0.2, 0.25) is 0 Å². The Morgan fingerprint density at radius 3 is 2.57 bits per heavy atom. The van der Waals surface area contributed by atoms with Gasteiger partial charge in [0, 0.05) is 6.21 Å². The van der Waals surface area contributed by atoms with E-state index in [1.807, 2.05) is 0 Å². The van der Waals surface area contributed by atoms with Crippen molar-refractivity contribution in [2.75, 3.05) is 6.61 Å². The molecule has 0 heterocycles. The van der Waals surface area contributed by atoms with Crippen molar-refractivity contribution in [2.24, 2.45) is 4.40 Å². The monoisotopic (exact) mass is 305 g/mol. The highest BCUT2D eigenvalue weighted by Crippen LogP contribution is 2.26. The van der Waals surface area contributed by atoms with Crippen LogP contribution in [0.25, 0.3) is 0 Å². The maximum atomic E-state index is 12.0. The minimum Gasteiger partial charge on any atom is -0.504 e. The van der Waals surface area contributed by atoms with Gasteiger partial charge < -0.3 is 9.84 Å². The quantitative estimate of drug-likeness (QED) is 0.861. The molecule has 0 amide bonds. The number of phenols is 1. The third-order valence-electron chi connectivity index (χ3n) is 2.67. The van der Waals surface area contributed by atoms with Gasteiger partial charge in [0.25, 0.3) is 10.0 Å². The number of hydrogen-bond acceptors (Lipinski definition) is 4. The van der Waals surface area contributed by atoms with E-state index in [0.29, 0.717) is 17.9 Å². The number of nitrogens with zero attached hydrogens (tertiary/aromatic N) is 1. The lowest BCUT2D eigenvalue weighted by molar-refractivity contribution is 0.318. The molecule has 0 bridgehead atoms. The molecular weight excluding hydrogens is 290 g/mol. The van der Waals surface area contributed by atoms with Crippen molar-refractivity contribution in [3.8, 4) is 11.5 Å². The standard InChI is InChI=1S/C15H15NO4S/c1-2-20-15-10-12(8-9-14(15)17)11-16-21(18,19)13-6-4-3-5-7-13/h3-11,17H,2H2,1H3/b16-11-. The van der Waals surface area contributed by atoms with E-state index in [1.165, 1.54) is 30.5 Å². The highest BCUT2D eigenvalue weighted by Gasteiger charge is 2.10. The Morgan fingerprint density at radius 1 is 1.19 bits per heavy atom. The van der Waals surface area contributed by atoms with Gasteiger partial charge in [-0.2, -0.15) is 12.8 Å². The number of phenolic OH excluding ortho intramolecular Hbond substituents is 1. The van der Waals surface area contributed by atoms with Crippen LogP contribution >= 0.6 is 0 Å². The molecule has 0 saturated heterocycles. The molecule has 0 fully saturated rings. The van der Waals surface area contributed by atoms with Crippen LogP contribution in [0.5, 0.6) is 11.5 Å². The summed E-state index contributed by atoms with van der Waals surface area (Å²) in [7, 11) is -3.73. The smallest absolute Gasteiger partial charge is 0.282 e. The highest BCUT2D eigenvalue weighted by atomic mass is 32.2. The first-order valence-electron chi connectivity index (χ1n) is 6.34. The molecule has 0 aliphatic carbocycles. The van der Waals surface area contributed by atoms with E-state index in [9.17, 15) is 13.5 Å². The van der Waals surface area contributed by atoms with Crippen LogP contribution in [0.4, 0.5) is 0 Å². The Labute approximate surface area is 123 Å². The molecule has 0 aromatic heterocycles. The molecule has 0 aliphatic heterocycles. The SMILES string of the molecule is CCOc1cc(/C=N\S(=O)(=O)c2ccccc2)ccc1O. The summed E-state index contributed by atoms with van der Waals surface area (Å²) in [5.41, 5.74) is 0.524. The maximum absolute atomic E-state index is 12.0. The number of sulfonamides is 1. The van der Waals surface area contributed by atoms with Gasteiger partial charge in [0.1, 0.15) is 0 Å². The summed E-state index contributed by atoms with van der Waals surface area (Å²) in [5.74, 6) is 0.290. The summed E-state index contributed by atoms with van der Waals surface area (Å²) in [6.07, 6.45) is 1.23. The molecule has 0 radical (unpaired) electrons. The number of aromatic hydroxyl groups is 1. The summed E-state index contributed by atoms with van der Waals surface area (Å²) >= 11 is 0. The number of benzene rings is 2. The zero-order valence-electron chi connectivity index (χ0n) is 11.4. The molecule has 5 nitrogen and oxygen atoms in total. The fourth-order valence-corrected chi connectivity index (χ4v) is 2.55. The summed E-state index contributed by atoms with van der Waals surface area (Å²) in [4.78, 5) is 0.130. The predicted molar refractivity (Wildman–Crippen MR) is 80.5 cm³/mol. The average Bonchev–Trinajstić information content (AvgIpc) is 2.49. The first-order valence-corrected chi connectivity index (χ1v) is 7.78. The van der Waals surface area contributed by atoms with Crippen LogP contribution in [0.15, 0.2) is 57.8 Å². The average molecular weight is 305 g/mol. The van der Waals surface area contributed by atoms with Crippen LogP contribution in [-0.4, -0.2) is 26.3 Å². The molecule has 6 heteroatoms. The van der Waals surface area contributed by atoms with E-state index in [-0.39, 0.29) is 10.6 Å². The van der Waals surface area contributed by atoms with Crippen LogP contribution < -0.4 is 4.74 Å². The first kappa shape index (κ1) is 15.1. The van der Waals surface area contributed by atoms with Gasteiger partial charge in [-0.1, -0.05) is 18.2 Å². The largest absolute Gasteiger partial charge is 0.504 e. The Bertz CT molecular complexity index is 740. The molecule has 2 aromatic carbocycles. The second-order valence-corrected chi connectivity index (χ2v) is 5.82. The number of hydrogen-bond donors (Lipinski definition) is 1. The second-order valence-electron chi connectivity index (χ2n) is 4.18. The van der Waals surface area contributed by atoms with Gasteiger partial charge in [-0.25, -0.2) is 0 Å². The van der Waals surface area contributed by atoms with Crippen molar-refractivity contribution in [3.63, 3.8) is 0 Å². The first-order chi connectivity index (χ1) is 10.0. The van der Waals surface area contributed by atoms with Crippen LogP contribution in [0.3, 0.4) is 0 Å². The van der Waals surface area contributed by atoms with Gasteiger partial charge in [0.05, 0.1) is 11.5 Å². The van der Waals surface area contributed by atoms with Gasteiger partial charge in [0.15, 0.2) is 11.5 Å². The summed E-state index contributed by atoms with van der Waals surface area (Å²) in [6.45, 7) is 2.19. The van der Waals surface area contributed by atoms with Crippen molar-refractivity contribution >= 4 is 16.2 Å². The molecule has 0 saturated carbocycles. The van der Waals surface area contributed by atoms with Crippen LogP contribution in [0.1, 0.15) is 12.5 Å². The zero-order chi connectivity index (χ0) is 15.3. The molecule has 21 heavy (non-hydrogen) atoms. The third kappa shape index (κ3) is 3.82. The number of ether oxygens (including phenoxy) is 1. The fraction of sp³-hybridized carbons (Fsp3) is 0.133. The fourth-order valence-electron chi connectivity index (χ4n) is 1.67. The third-order valence-corrected chi connectivity index (χ3v) is 3.92. The van der Waals surface area contributed by atoms with Gasteiger partial charge >= 0.3 is 0 Å². The summed E-state index contributed by atoms with van der Waals surface area (Å²) in [6, 6.07) is 12.5. The van der Waals surface area contributed by atoms with E-state index in [2.05, 4.69) is 4.40 Å². The highest BCUT2D eigenvalue weighted by molar-refractivity contribution is 7.90. The molecule has 0 aliphatic rings. The Balaban J connectivity index is 2.27. The van der Waals surface area contributed by atoms with Crippen molar-refractivity contribution in [1.82, 2.24) is 0 Å². The second kappa shape index (κ2) is 6.41. The molecule has 2 aromatic rings. The van der Waals surface area contributed by atoms with Crippen molar-refractivity contribution in [1.29, 1.82) is 0 Å². The van der Waals surface area contributed by atoms with Gasteiger partial charge in [-0.15, -0.1) is 0 Å². The van der Waals surface area contributed by atoms with E-state index in [0.717, 1.165) is 0 Å². The topological polar surface area (TPSA) is 76.0 Å². The lowest BCUT2D eigenvalue weighted by Crippen LogP contribution is -1.98. The molecular formula is C15H15NO4S. The van der Waals surface area contributed by atoms with Crippen molar-refractivity contribution < 1.29 is 18.3 Å². The van der Waals surface area contributed by atoms with E-state index < -0.39 is 10.0 Å². The normalized spacial score (nSPS) is 11.7. The molecule has 0 spiro atoms. The Hall–Kier alpha value is -2.34. The van der Waals surface area contributed by atoms with E-state index in [1.54, 1.807) is 31.2 Å². The van der Waals surface area contributed by atoms with Crippen molar-refractivity contribution in [3.05, 3.63) is 54.1 Å². The van der Waals surface area contributed by atoms with Gasteiger partial charge in [-0.3, -0.25) is 0 Å². The predicted octanol–water partition coefficient (Wildman–Crippen LogP) is 2.60. The Morgan fingerprint density at radius 2 is 1.90 bits per heavy atom. The maximum Gasteiger partial charge on any atom is 0.282 e. The van der Waals surface area contributed by atoms with E-state index in [4.69, 9.17) is 4.74 Å². The lowest BCUT2D eigenvalue weighted by Gasteiger charge is -2.06. The van der Waals surface area contributed by atoms with Gasteiger partial charge in [-0.05, 0) is 42.8 Å². The van der Waals surface area contributed by atoms with Crippen LogP contribution in [0.2, 0.25) is 0 Å². The Kier molecular flexibility index (Phi) is 4.59. The summed E-state index contributed by atoms with van der Waals surface area (Å²) < 4.78 is 32.9. The van der Waals surface area contributed by atoms with Crippen LogP contribution in [-0.2, 0) is 10.0 Å². The number of rotatable bonds is 5. The molecule has 110 valence electrons. The molecule has 0 atom stereocenters. The van der Waals surface area contributed by atoms with Crippen LogP contribution in [0, 0.1) is 0 Å². The molecule has 0 unspecified atom stereocenters. The molecule has 2 rings (SSSR count). The van der Waals surface area contributed by atoms with E-state index >= 15 is 0 Å². The summed E-state index contributed by atoms with van der Waals surface area (Å²) in [5, 5.41) is 9.58. The minimum atomic E-state index is -3.73. The molecule has 1 N–H and O–H groups in total. The lowest BCUT2D eigenvalue weighted by atomic mass is 10.2. The van der Waals surface area contributed by atoms with Crippen molar-refractivity contribution in [2.45, 2.75) is 11.8 Å². The zero-order valence-corrected chi connectivity index (χ0v) is 12.2.